The van der Waals surface area contributed by atoms with Crippen molar-refractivity contribution in [2.75, 3.05) is 0 Å². The molecule has 0 aliphatic rings. The minimum atomic E-state index is -1.02. The Balaban J connectivity index is 1.55. The standard InChI is InChI=1S/C40H25NO8/c42-33-28-26(21-13-12-17-6-1-2-7-18(17)14-21)29-31(36(45)40(49)38(47)34(29)43)27(30(28)35(44)39(48)37(33)46)23-11-5-10-22-24-15-19-8-3-4-9-20(19)16-25(24)41-32(22)23/h1-16,41-49H. The molecule has 0 unspecified atom stereocenters. The van der Waals surface area contributed by atoms with E-state index in [1.807, 2.05) is 66.7 Å². The minimum Gasteiger partial charge on any atom is -0.504 e. The van der Waals surface area contributed by atoms with Crippen LogP contribution in [0.25, 0.3) is 87.1 Å². The van der Waals surface area contributed by atoms with Crippen LogP contribution in [-0.2, 0) is 0 Å². The molecule has 1 aromatic heterocycles. The predicted molar refractivity (Wildman–Crippen MR) is 190 cm³/mol. The van der Waals surface area contributed by atoms with Crippen LogP contribution in [0.1, 0.15) is 0 Å². The summed E-state index contributed by atoms with van der Waals surface area (Å²) in [5, 5.41) is 94.5. The van der Waals surface area contributed by atoms with Crippen molar-refractivity contribution in [3.63, 3.8) is 0 Å². The first-order valence-corrected chi connectivity index (χ1v) is 15.3. The first-order chi connectivity index (χ1) is 23.7. The van der Waals surface area contributed by atoms with Crippen molar-refractivity contribution in [3.05, 3.63) is 97.1 Å². The highest BCUT2D eigenvalue weighted by Gasteiger charge is 2.33. The summed E-state index contributed by atoms with van der Waals surface area (Å²) in [6.45, 7) is 0. The van der Waals surface area contributed by atoms with E-state index in [0.29, 0.717) is 16.6 Å². The van der Waals surface area contributed by atoms with E-state index < -0.39 is 46.0 Å². The molecule has 9 heteroatoms. The number of phenols is 8. The Kier molecular flexibility index (Phi) is 5.62. The fourth-order valence-corrected chi connectivity index (χ4v) is 7.34. The van der Waals surface area contributed by atoms with Gasteiger partial charge in [-0.15, -0.1) is 0 Å². The van der Waals surface area contributed by atoms with Gasteiger partial charge >= 0.3 is 0 Å². The molecule has 8 aromatic carbocycles. The van der Waals surface area contributed by atoms with E-state index in [4.69, 9.17) is 0 Å². The van der Waals surface area contributed by atoms with Crippen LogP contribution in [0.4, 0.5) is 0 Å². The van der Waals surface area contributed by atoms with Gasteiger partial charge in [-0.1, -0.05) is 78.9 Å². The molecule has 0 amide bonds. The van der Waals surface area contributed by atoms with Crippen molar-refractivity contribution in [3.8, 4) is 68.2 Å². The maximum atomic E-state index is 11.6. The van der Waals surface area contributed by atoms with Gasteiger partial charge in [0.15, 0.2) is 23.0 Å². The molecule has 0 spiro atoms. The highest BCUT2D eigenvalue weighted by molar-refractivity contribution is 6.31. The third kappa shape index (κ3) is 3.69. The topological polar surface area (TPSA) is 178 Å². The number of nitrogens with one attached hydrogen (secondary N) is 1. The lowest BCUT2D eigenvalue weighted by Gasteiger charge is -2.23. The predicted octanol–water partition coefficient (Wildman–Crippen LogP) is 8.91. The summed E-state index contributed by atoms with van der Waals surface area (Å²) < 4.78 is 0. The summed E-state index contributed by atoms with van der Waals surface area (Å²) >= 11 is 0. The number of hydrogen-bond acceptors (Lipinski definition) is 8. The van der Waals surface area contributed by atoms with Crippen molar-refractivity contribution in [2.24, 2.45) is 0 Å². The molecule has 238 valence electrons. The van der Waals surface area contributed by atoms with Crippen LogP contribution >= 0.6 is 0 Å². The third-order valence-corrected chi connectivity index (χ3v) is 9.60. The van der Waals surface area contributed by atoms with Crippen LogP contribution in [0.2, 0.25) is 0 Å². The van der Waals surface area contributed by atoms with E-state index in [1.165, 1.54) is 0 Å². The van der Waals surface area contributed by atoms with Crippen LogP contribution in [0, 0.1) is 0 Å². The number of fused-ring (bicyclic) bond motifs is 7. The molecule has 0 atom stereocenters. The Morgan fingerprint density at radius 3 is 1.43 bits per heavy atom. The molecule has 0 bridgehead atoms. The van der Waals surface area contributed by atoms with Crippen molar-refractivity contribution in [1.82, 2.24) is 4.98 Å². The van der Waals surface area contributed by atoms with Gasteiger partial charge in [-0.05, 0) is 45.3 Å². The molecular formula is C40H25NO8. The van der Waals surface area contributed by atoms with Gasteiger partial charge in [0.1, 0.15) is 0 Å². The maximum absolute atomic E-state index is 11.6. The average Bonchev–Trinajstić information content (AvgIpc) is 3.49. The largest absolute Gasteiger partial charge is 0.504 e. The highest BCUT2D eigenvalue weighted by Crippen LogP contribution is 2.62. The molecule has 0 fully saturated rings. The van der Waals surface area contributed by atoms with E-state index in [1.54, 1.807) is 30.3 Å². The number of H-pyrrole nitrogens is 1. The molecule has 0 saturated carbocycles. The molecule has 1 heterocycles. The summed E-state index contributed by atoms with van der Waals surface area (Å²) in [5.74, 6) is -7.35. The first-order valence-electron chi connectivity index (χ1n) is 15.3. The minimum absolute atomic E-state index is 0.000717. The van der Waals surface area contributed by atoms with Gasteiger partial charge in [-0.25, -0.2) is 0 Å². The SMILES string of the molecule is Oc1c(O)c(O)c2c(-c3cccc4c3[nH]c3cc5ccccc5cc34)c3c(O)c(O)c(O)c(O)c3c(-c3ccc4ccccc4c3)c2c1O. The molecule has 0 saturated heterocycles. The van der Waals surface area contributed by atoms with Gasteiger partial charge in [0, 0.05) is 54.5 Å². The van der Waals surface area contributed by atoms with Gasteiger partial charge in [-0.2, -0.15) is 0 Å². The molecule has 9 aromatic rings. The summed E-state index contributed by atoms with van der Waals surface area (Å²) in [6, 6.07) is 29.9. The Hall–Kier alpha value is -7.00. The molecule has 0 aliphatic carbocycles. The number of aromatic hydroxyl groups is 8. The number of hydrogen-bond donors (Lipinski definition) is 9. The van der Waals surface area contributed by atoms with Crippen LogP contribution in [-0.4, -0.2) is 45.8 Å². The van der Waals surface area contributed by atoms with Gasteiger partial charge in [-0.3, -0.25) is 0 Å². The lowest BCUT2D eigenvalue weighted by atomic mass is 9.83. The molecular weight excluding hydrogens is 622 g/mol. The van der Waals surface area contributed by atoms with E-state index in [0.717, 1.165) is 37.8 Å². The molecule has 0 radical (unpaired) electrons. The molecule has 0 aliphatic heterocycles. The average molecular weight is 648 g/mol. The van der Waals surface area contributed by atoms with E-state index in [2.05, 4.69) is 4.98 Å². The number of aromatic amines is 1. The lowest BCUT2D eigenvalue weighted by molar-refractivity contribution is 0.350. The van der Waals surface area contributed by atoms with Gasteiger partial charge in [0.25, 0.3) is 0 Å². The monoisotopic (exact) mass is 647 g/mol. The molecule has 9 N–H and O–H groups in total. The zero-order chi connectivity index (χ0) is 33.9. The van der Waals surface area contributed by atoms with Crippen LogP contribution < -0.4 is 0 Å². The van der Waals surface area contributed by atoms with Crippen LogP contribution in [0.15, 0.2) is 97.1 Å². The Morgan fingerprint density at radius 2 is 0.857 bits per heavy atom. The second kappa shape index (κ2) is 9.76. The fourth-order valence-electron chi connectivity index (χ4n) is 7.34. The molecule has 49 heavy (non-hydrogen) atoms. The second-order valence-electron chi connectivity index (χ2n) is 12.2. The Labute approximate surface area is 275 Å². The number of aromatic nitrogens is 1. The summed E-state index contributed by atoms with van der Waals surface area (Å²) in [4.78, 5) is 3.44. The normalized spacial score (nSPS) is 11.9. The zero-order valence-electron chi connectivity index (χ0n) is 25.3. The van der Waals surface area contributed by atoms with Crippen LogP contribution in [0.3, 0.4) is 0 Å². The Morgan fingerprint density at radius 1 is 0.367 bits per heavy atom. The van der Waals surface area contributed by atoms with Gasteiger partial charge < -0.3 is 45.8 Å². The third-order valence-electron chi connectivity index (χ3n) is 9.60. The summed E-state index contributed by atoms with van der Waals surface area (Å²) in [7, 11) is 0. The van der Waals surface area contributed by atoms with E-state index in [-0.39, 0.29) is 32.7 Å². The number of para-hydroxylation sites is 1. The number of rotatable bonds is 2. The van der Waals surface area contributed by atoms with Gasteiger partial charge in [0.05, 0.1) is 5.52 Å². The molecule has 9 nitrogen and oxygen atoms in total. The van der Waals surface area contributed by atoms with Crippen molar-refractivity contribution in [2.45, 2.75) is 0 Å². The van der Waals surface area contributed by atoms with E-state index >= 15 is 0 Å². The fraction of sp³-hybridized carbons (Fsp3) is 0. The number of phenolic OH excluding ortho intramolecular Hbond substituents is 8. The number of benzene rings is 8. The quantitative estimate of drug-likeness (QED) is 0.0507. The highest BCUT2D eigenvalue weighted by atomic mass is 16.4. The maximum Gasteiger partial charge on any atom is 0.204 e. The van der Waals surface area contributed by atoms with Crippen molar-refractivity contribution < 1.29 is 40.9 Å². The van der Waals surface area contributed by atoms with E-state index in [9.17, 15) is 40.9 Å². The Bertz CT molecular complexity index is 2850. The molecule has 9 rings (SSSR count). The smallest absolute Gasteiger partial charge is 0.204 e. The van der Waals surface area contributed by atoms with Crippen molar-refractivity contribution in [1.29, 1.82) is 0 Å². The summed E-state index contributed by atoms with van der Waals surface area (Å²) in [6.07, 6.45) is 0. The zero-order valence-corrected chi connectivity index (χ0v) is 25.3. The lowest BCUT2D eigenvalue weighted by Crippen LogP contribution is -1.95. The van der Waals surface area contributed by atoms with Gasteiger partial charge in [0.2, 0.25) is 23.0 Å². The first kappa shape index (κ1) is 28.2. The second-order valence-corrected chi connectivity index (χ2v) is 12.2. The van der Waals surface area contributed by atoms with Crippen LogP contribution in [0.5, 0.6) is 46.0 Å². The summed E-state index contributed by atoms with van der Waals surface area (Å²) in [5.41, 5.74) is 2.00. The van der Waals surface area contributed by atoms with Crippen molar-refractivity contribution >= 4 is 64.9 Å².